The molecule has 0 aliphatic rings. The zero-order chi connectivity index (χ0) is 19.6. The molecule has 1 heterocycles. The van der Waals surface area contributed by atoms with E-state index in [0.717, 1.165) is 11.3 Å². The molecule has 27 heavy (non-hydrogen) atoms. The predicted octanol–water partition coefficient (Wildman–Crippen LogP) is 2.46. The van der Waals surface area contributed by atoms with Gasteiger partial charge < -0.3 is 14.2 Å². The number of benzene rings is 1. The van der Waals surface area contributed by atoms with E-state index in [9.17, 15) is 14.4 Å². The second-order valence-electron chi connectivity index (χ2n) is 5.08. The summed E-state index contributed by atoms with van der Waals surface area (Å²) in [5.74, 6) is -1.18. The van der Waals surface area contributed by atoms with Gasteiger partial charge in [0.25, 0.3) is 5.91 Å². The number of amides is 1. The Morgan fingerprint density at radius 1 is 1.11 bits per heavy atom. The molecule has 0 saturated carbocycles. The Kier molecular flexibility index (Phi) is 8.02. The fraction of sp³-hybridized carbons (Fsp3) is 0.294. The van der Waals surface area contributed by atoms with E-state index in [2.05, 4.69) is 10.3 Å². The summed E-state index contributed by atoms with van der Waals surface area (Å²) < 4.78 is 14.9. The van der Waals surface area contributed by atoms with Gasteiger partial charge in [-0.05, 0) is 31.2 Å². The summed E-state index contributed by atoms with van der Waals surface area (Å²) in [6, 6.07) is 6.47. The molecule has 2 aromatic rings. The SMILES string of the molecule is CCOC(=O)Cc1csc(NC(=O)COC(=O)COc2ccc(Cl)cc2)n1. The molecule has 1 aromatic carbocycles. The molecule has 0 spiro atoms. The van der Waals surface area contributed by atoms with E-state index in [1.165, 1.54) is 0 Å². The Balaban J connectivity index is 1.69. The molecule has 1 amide bonds. The minimum Gasteiger partial charge on any atom is -0.482 e. The smallest absolute Gasteiger partial charge is 0.344 e. The van der Waals surface area contributed by atoms with Crippen LogP contribution in [-0.4, -0.2) is 42.7 Å². The van der Waals surface area contributed by atoms with Crippen molar-refractivity contribution < 1.29 is 28.6 Å². The largest absolute Gasteiger partial charge is 0.482 e. The van der Waals surface area contributed by atoms with Crippen molar-refractivity contribution in [3.63, 3.8) is 0 Å². The Morgan fingerprint density at radius 2 is 1.85 bits per heavy atom. The van der Waals surface area contributed by atoms with Crippen LogP contribution in [0.4, 0.5) is 5.13 Å². The number of nitrogens with zero attached hydrogens (tertiary/aromatic N) is 1. The van der Waals surface area contributed by atoms with Crippen LogP contribution in [0.25, 0.3) is 0 Å². The van der Waals surface area contributed by atoms with Gasteiger partial charge in [-0.3, -0.25) is 14.9 Å². The molecule has 0 fully saturated rings. The Bertz CT molecular complexity index is 793. The normalized spacial score (nSPS) is 10.1. The molecule has 1 aromatic heterocycles. The van der Waals surface area contributed by atoms with Crippen LogP contribution in [0.3, 0.4) is 0 Å². The molecule has 0 atom stereocenters. The third-order valence-electron chi connectivity index (χ3n) is 2.96. The average Bonchev–Trinajstić information content (AvgIpc) is 3.06. The van der Waals surface area contributed by atoms with Gasteiger partial charge in [0.2, 0.25) is 0 Å². The summed E-state index contributed by atoms with van der Waals surface area (Å²) in [6.45, 7) is 1.19. The van der Waals surface area contributed by atoms with E-state index in [4.69, 9.17) is 25.8 Å². The van der Waals surface area contributed by atoms with Crippen LogP contribution in [0, 0.1) is 0 Å². The number of aromatic nitrogens is 1. The maximum absolute atomic E-state index is 11.8. The number of rotatable bonds is 9. The molecule has 2 rings (SSSR count). The first-order chi connectivity index (χ1) is 13.0. The van der Waals surface area contributed by atoms with Gasteiger partial charge >= 0.3 is 11.9 Å². The van der Waals surface area contributed by atoms with Crippen molar-refractivity contribution in [2.24, 2.45) is 0 Å². The summed E-state index contributed by atoms with van der Waals surface area (Å²) in [4.78, 5) is 38.9. The van der Waals surface area contributed by atoms with Crippen LogP contribution < -0.4 is 10.1 Å². The molecule has 0 aliphatic carbocycles. The van der Waals surface area contributed by atoms with E-state index in [1.54, 1.807) is 36.6 Å². The van der Waals surface area contributed by atoms with Gasteiger partial charge in [-0.2, -0.15) is 0 Å². The number of nitrogens with one attached hydrogen (secondary N) is 1. The van der Waals surface area contributed by atoms with Gasteiger partial charge in [0.05, 0.1) is 18.7 Å². The summed E-state index contributed by atoms with van der Waals surface area (Å²) >= 11 is 6.90. The van der Waals surface area contributed by atoms with Crippen LogP contribution in [-0.2, 0) is 30.3 Å². The summed E-state index contributed by atoms with van der Waals surface area (Å²) in [6.07, 6.45) is 0.0250. The van der Waals surface area contributed by atoms with Crippen molar-refractivity contribution in [1.29, 1.82) is 0 Å². The summed E-state index contributed by atoms with van der Waals surface area (Å²) in [5, 5.41) is 4.97. The number of carbonyl (C=O) groups is 3. The maximum atomic E-state index is 11.8. The molecule has 0 radical (unpaired) electrons. The minimum atomic E-state index is -0.692. The topological polar surface area (TPSA) is 104 Å². The molecule has 1 N–H and O–H groups in total. The van der Waals surface area contributed by atoms with E-state index >= 15 is 0 Å². The highest BCUT2D eigenvalue weighted by Gasteiger charge is 2.12. The fourth-order valence-electron chi connectivity index (χ4n) is 1.82. The number of hydrogen-bond acceptors (Lipinski definition) is 8. The van der Waals surface area contributed by atoms with Crippen LogP contribution in [0.5, 0.6) is 5.75 Å². The van der Waals surface area contributed by atoms with Crippen LogP contribution in [0.15, 0.2) is 29.6 Å². The highest BCUT2D eigenvalue weighted by molar-refractivity contribution is 7.13. The molecule has 0 saturated heterocycles. The van der Waals surface area contributed by atoms with E-state index < -0.39 is 24.5 Å². The quantitative estimate of drug-likeness (QED) is 0.631. The van der Waals surface area contributed by atoms with Gasteiger partial charge in [0, 0.05) is 10.4 Å². The Hall–Kier alpha value is -2.65. The van der Waals surface area contributed by atoms with Crippen LogP contribution >= 0.6 is 22.9 Å². The maximum Gasteiger partial charge on any atom is 0.344 e. The zero-order valence-electron chi connectivity index (χ0n) is 14.4. The van der Waals surface area contributed by atoms with E-state index in [0.29, 0.717) is 28.2 Å². The number of ether oxygens (including phenoxy) is 3. The molecular weight excluding hydrogens is 396 g/mol. The number of anilines is 1. The second kappa shape index (κ2) is 10.5. The first kappa shape index (κ1) is 20.7. The lowest BCUT2D eigenvalue weighted by Gasteiger charge is -2.07. The summed E-state index contributed by atoms with van der Waals surface area (Å²) in [5.41, 5.74) is 0.488. The Labute approximate surface area is 164 Å². The minimum absolute atomic E-state index is 0.0250. The number of carbonyl (C=O) groups excluding carboxylic acids is 3. The standard InChI is InChI=1S/C17H17ClN2O6S/c1-2-24-15(22)7-12-10-27-17(19-12)20-14(21)8-26-16(23)9-25-13-5-3-11(18)4-6-13/h3-6,10H,2,7-9H2,1H3,(H,19,20,21). The second-order valence-corrected chi connectivity index (χ2v) is 6.37. The lowest BCUT2D eigenvalue weighted by molar-refractivity contribution is -0.149. The first-order valence-corrected chi connectivity index (χ1v) is 9.16. The molecule has 8 nitrogen and oxygen atoms in total. The van der Waals surface area contributed by atoms with Gasteiger partial charge in [-0.25, -0.2) is 9.78 Å². The van der Waals surface area contributed by atoms with Crippen molar-refractivity contribution >= 4 is 45.9 Å². The number of thiazole rings is 1. The monoisotopic (exact) mass is 412 g/mol. The van der Waals surface area contributed by atoms with E-state index in [1.807, 2.05) is 0 Å². The fourth-order valence-corrected chi connectivity index (χ4v) is 2.67. The highest BCUT2D eigenvalue weighted by atomic mass is 35.5. The number of esters is 2. The van der Waals surface area contributed by atoms with Gasteiger partial charge in [-0.15, -0.1) is 11.3 Å². The molecule has 0 unspecified atom stereocenters. The van der Waals surface area contributed by atoms with Crippen molar-refractivity contribution in [2.45, 2.75) is 13.3 Å². The highest BCUT2D eigenvalue weighted by Crippen LogP contribution is 2.16. The van der Waals surface area contributed by atoms with Gasteiger partial charge in [0.15, 0.2) is 18.3 Å². The third kappa shape index (κ3) is 7.63. The molecule has 144 valence electrons. The predicted molar refractivity (Wildman–Crippen MR) is 99.0 cm³/mol. The van der Waals surface area contributed by atoms with Crippen molar-refractivity contribution in [3.05, 3.63) is 40.4 Å². The lowest BCUT2D eigenvalue weighted by atomic mass is 10.3. The summed E-state index contributed by atoms with van der Waals surface area (Å²) in [7, 11) is 0. The van der Waals surface area contributed by atoms with Crippen molar-refractivity contribution in [3.8, 4) is 5.75 Å². The Morgan fingerprint density at radius 3 is 2.56 bits per heavy atom. The number of halogens is 1. The molecule has 10 heteroatoms. The lowest BCUT2D eigenvalue weighted by Crippen LogP contribution is -2.23. The molecule has 0 aliphatic heterocycles. The van der Waals surface area contributed by atoms with E-state index in [-0.39, 0.29) is 13.0 Å². The van der Waals surface area contributed by atoms with Crippen LogP contribution in [0.2, 0.25) is 5.02 Å². The van der Waals surface area contributed by atoms with Crippen LogP contribution in [0.1, 0.15) is 12.6 Å². The third-order valence-corrected chi connectivity index (χ3v) is 4.02. The van der Waals surface area contributed by atoms with Crippen molar-refractivity contribution in [1.82, 2.24) is 4.98 Å². The van der Waals surface area contributed by atoms with Gasteiger partial charge in [0.1, 0.15) is 5.75 Å². The van der Waals surface area contributed by atoms with Gasteiger partial charge in [-0.1, -0.05) is 11.6 Å². The zero-order valence-corrected chi connectivity index (χ0v) is 16.0. The van der Waals surface area contributed by atoms with Crippen molar-refractivity contribution in [2.75, 3.05) is 25.1 Å². The first-order valence-electron chi connectivity index (χ1n) is 7.90. The average molecular weight is 413 g/mol. The molecule has 0 bridgehead atoms. The molecular formula is C17H17ClN2O6S. The number of hydrogen-bond donors (Lipinski definition) is 1.